The molecule has 1 atom stereocenters. The second-order valence-corrected chi connectivity index (χ2v) is 5.38. The summed E-state index contributed by atoms with van der Waals surface area (Å²) in [5.74, 6) is -1.05. The van der Waals surface area contributed by atoms with Gasteiger partial charge in [0.15, 0.2) is 0 Å². The molecule has 2 amide bonds. The molecule has 6 nitrogen and oxygen atoms in total. The Morgan fingerprint density at radius 1 is 1.10 bits per heavy atom. The number of unbranched alkanes of at least 4 members (excludes halogenated alkanes) is 2. The highest BCUT2D eigenvalue weighted by Crippen LogP contribution is 2.06. The van der Waals surface area contributed by atoms with Crippen LogP contribution in [-0.2, 0) is 14.4 Å². The van der Waals surface area contributed by atoms with Crippen molar-refractivity contribution in [2.45, 2.75) is 58.9 Å². The molecule has 0 aromatic heterocycles. The fraction of sp³-hybridized carbons (Fsp3) is 0.786. The van der Waals surface area contributed by atoms with E-state index >= 15 is 0 Å². The first kappa shape index (κ1) is 18.4. The summed E-state index contributed by atoms with van der Waals surface area (Å²) in [6.07, 6.45) is 3.10. The van der Waals surface area contributed by atoms with Gasteiger partial charge in [-0.25, -0.2) is 4.79 Å². The summed E-state index contributed by atoms with van der Waals surface area (Å²) in [6.45, 7) is 5.92. The van der Waals surface area contributed by atoms with Gasteiger partial charge in [0, 0.05) is 19.9 Å². The highest BCUT2D eigenvalue weighted by atomic mass is 16.4. The maximum atomic E-state index is 11.6. The van der Waals surface area contributed by atoms with Crippen LogP contribution in [0.3, 0.4) is 0 Å². The van der Waals surface area contributed by atoms with Gasteiger partial charge in [0.1, 0.15) is 6.04 Å². The molecule has 0 saturated heterocycles. The summed E-state index contributed by atoms with van der Waals surface area (Å²) in [6, 6.07) is -0.804. The molecule has 0 heterocycles. The third-order valence-corrected chi connectivity index (χ3v) is 2.79. The number of nitrogens with one attached hydrogen (secondary N) is 2. The predicted molar refractivity (Wildman–Crippen MR) is 76.2 cm³/mol. The quantitative estimate of drug-likeness (QED) is 0.527. The van der Waals surface area contributed by atoms with E-state index in [0.717, 1.165) is 12.8 Å². The molecule has 0 bridgehead atoms. The standard InChI is InChI=1S/C14H26N2O4/c1-10(2)9-12(14(19)20)16-13(18)7-5-4-6-8-15-11(3)17/h10,12H,4-9H2,1-3H3,(H,15,17)(H,16,18)(H,19,20)/t12-/m1/s1. The van der Waals surface area contributed by atoms with Crippen molar-refractivity contribution in [3.8, 4) is 0 Å². The molecule has 0 aliphatic carbocycles. The Labute approximate surface area is 120 Å². The minimum Gasteiger partial charge on any atom is -0.480 e. The van der Waals surface area contributed by atoms with Crippen LogP contribution in [0.15, 0.2) is 0 Å². The van der Waals surface area contributed by atoms with Gasteiger partial charge >= 0.3 is 5.97 Å². The molecule has 6 heteroatoms. The van der Waals surface area contributed by atoms with Crippen LogP contribution in [0.5, 0.6) is 0 Å². The molecule has 0 spiro atoms. The molecule has 0 aromatic rings. The minimum atomic E-state index is -0.988. The highest BCUT2D eigenvalue weighted by molar-refractivity contribution is 5.83. The molecule has 0 radical (unpaired) electrons. The molecule has 0 aliphatic heterocycles. The fourth-order valence-electron chi connectivity index (χ4n) is 1.81. The van der Waals surface area contributed by atoms with Gasteiger partial charge in [-0.3, -0.25) is 9.59 Å². The molecule has 116 valence electrons. The summed E-state index contributed by atoms with van der Waals surface area (Å²) >= 11 is 0. The van der Waals surface area contributed by atoms with Crippen molar-refractivity contribution in [3.63, 3.8) is 0 Å². The smallest absolute Gasteiger partial charge is 0.326 e. The summed E-state index contributed by atoms with van der Waals surface area (Å²) in [5, 5.41) is 14.2. The number of carboxylic acids is 1. The van der Waals surface area contributed by atoms with Gasteiger partial charge in [-0.1, -0.05) is 20.3 Å². The molecule has 0 fully saturated rings. The molecule has 0 aliphatic rings. The molecule has 0 unspecified atom stereocenters. The van der Waals surface area contributed by atoms with E-state index in [0.29, 0.717) is 25.8 Å². The largest absolute Gasteiger partial charge is 0.480 e. The highest BCUT2D eigenvalue weighted by Gasteiger charge is 2.20. The van der Waals surface area contributed by atoms with Gasteiger partial charge in [0.2, 0.25) is 11.8 Å². The van der Waals surface area contributed by atoms with Crippen LogP contribution in [0, 0.1) is 5.92 Å². The van der Waals surface area contributed by atoms with E-state index in [1.807, 2.05) is 13.8 Å². The van der Waals surface area contributed by atoms with Crippen LogP contribution in [-0.4, -0.2) is 35.5 Å². The number of carbonyl (C=O) groups excluding carboxylic acids is 2. The van der Waals surface area contributed by atoms with E-state index in [2.05, 4.69) is 10.6 Å². The van der Waals surface area contributed by atoms with Crippen molar-refractivity contribution in [3.05, 3.63) is 0 Å². The van der Waals surface area contributed by atoms with Gasteiger partial charge in [0.05, 0.1) is 0 Å². The van der Waals surface area contributed by atoms with Crippen molar-refractivity contribution in [1.29, 1.82) is 0 Å². The zero-order valence-corrected chi connectivity index (χ0v) is 12.6. The maximum absolute atomic E-state index is 11.6. The van der Waals surface area contributed by atoms with Crippen LogP contribution < -0.4 is 10.6 Å². The average Bonchev–Trinajstić information content (AvgIpc) is 2.31. The lowest BCUT2D eigenvalue weighted by Gasteiger charge is -2.16. The van der Waals surface area contributed by atoms with E-state index in [1.54, 1.807) is 0 Å². The van der Waals surface area contributed by atoms with Crippen molar-refractivity contribution < 1.29 is 19.5 Å². The maximum Gasteiger partial charge on any atom is 0.326 e. The van der Waals surface area contributed by atoms with Gasteiger partial charge in [-0.2, -0.15) is 0 Å². The Kier molecular flexibility index (Phi) is 9.41. The summed E-state index contributed by atoms with van der Waals surface area (Å²) in [7, 11) is 0. The van der Waals surface area contributed by atoms with Crippen LogP contribution in [0.25, 0.3) is 0 Å². The number of carbonyl (C=O) groups is 3. The summed E-state index contributed by atoms with van der Waals surface area (Å²) in [5.41, 5.74) is 0. The second-order valence-electron chi connectivity index (χ2n) is 5.38. The zero-order valence-electron chi connectivity index (χ0n) is 12.6. The van der Waals surface area contributed by atoms with Crippen LogP contribution in [0.2, 0.25) is 0 Å². The van der Waals surface area contributed by atoms with E-state index in [4.69, 9.17) is 5.11 Å². The minimum absolute atomic E-state index is 0.0549. The topological polar surface area (TPSA) is 95.5 Å². The number of hydrogen-bond acceptors (Lipinski definition) is 3. The van der Waals surface area contributed by atoms with Crippen molar-refractivity contribution in [2.75, 3.05) is 6.54 Å². The molecule has 0 saturated carbocycles. The average molecular weight is 286 g/mol. The Morgan fingerprint density at radius 3 is 2.25 bits per heavy atom. The Balaban J connectivity index is 3.80. The van der Waals surface area contributed by atoms with Gasteiger partial charge in [0.25, 0.3) is 0 Å². The fourth-order valence-corrected chi connectivity index (χ4v) is 1.81. The van der Waals surface area contributed by atoms with Gasteiger partial charge in [-0.15, -0.1) is 0 Å². The van der Waals surface area contributed by atoms with E-state index < -0.39 is 12.0 Å². The third kappa shape index (κ3) is 10.3. The second kappa shape index (κ2) is 10.2. The first-order valence-corrected chi connectivity index (χ1v) is 7.09. The predicted octanol–water partition coefficient (Wildman–Crippen LogP) is 1.30. The molecule has 20 heavy (non-hydrogen) atoms. The molecule has 0 aromatic carbocycles. The Hall–Kier alpha value is -1.59. The number of hydrogen-bond donors (Lipinski definition) is 3. The van der Waals surface area contributed by atoms with Gasteiger partial charge in [-0.05, 0) is 25.2 Å². The first-order valence-electron chi connectivity index (χ1n) is 7.09. The van der Waals surface area contributed by atoms with E-state index in [9.17, 15) is 14.4 Å². The van der Waals surface area contributed by atoms with Crippen molar-refractivity contribution in [2.24, 2.45) is 5.92 Å². The van der Waals surface area contributed by atoms with Crippen molar-refractivity contribution >= 4 is 17.8 Å². The lowest BCUT2D eigenvalue weighted by atomic mass is 10.0. The molecular weight excluding hydrogens is 260 g/mol. The van der Waals surface area contributed by atoms with Crippen LogP contribution >= 0.6 is 0 Å². The number of aliphatic carboxylic acids is 1. The number of amides is 2. The molecule has 3 N–H and O–H groups in total. The Bertz CT molecular complexity index is 329. The summed E-state index contributed by atoms with van der Waals surface area (Å²) < 4.78 is 0. The SMILES string of the molecule is CC(=O)NCCCCCC(=O)N[C@H](CC(C)C)C(=O)O. The lowest BCUT2D eigenvalue weighted by molar-refractivity contribution is -0.142. The summed E-state index contributed by atoms with van der Waals surface area (Å²) in [4.78, 5) is 33.3. The number of rotatable bonds is 10. The Morgan fingerprint density at radius 2 is 1.75 bits per heavy atom. The van der Waals surface area contributed by atoms with Crippen LogP contribution in [0.1, 0.15) is 52.9 Å². The molecule has 0 rings (SSSR count). The first-order chi connectivity index (χ1) is 9.32. The monoisotopic (exact) mass is 286 g/mol. The zero-order chi connectivity index (χ0) is 15.5. The lowest BCUT2D eigenvalue weighted by Crippen LogP contribution is -2.41. The van der Waals surface area contributed by atoms with Crippen LogP contribution in [0.4, 0.5) is 0 Å². The van der Waals surface area contributed by atoms with Gasteiger partial charge < -0.3 is 15.7 Å². The van der Waals surface area contributed by atoms with E-state index in [-0.39, 0.29) is 17.7 Å². The molecular formula is C14H26N2O4. The van der Waals surface area contributed by atoms with E-state index in [1.165, 1.54) is 6.92 Å². The third-order valence-electron chi connectivity index (χ3n) is 2.79. The number of carboxylic acid groups (broad SMARTS) is 1. The van der Waals surface area contributed by atoms with Crippen molar-refractivity contribution in [1.82, 2.24) is 10.6 Å². The normalized spacial score (nSPS) is 12.0.